The molecule has 1 aliphatic rings. The van der Waals surface area contributed by atoms with E-state index in [4.69, 9.17) is 4.74 Å². The number of aryl methyl sites for hydroxylation is 1. The van der Waals surface area contributed by atoms with Crippen LogP contribution >= 0.6 is 0 Å². The summed E-state index contributed by atoms with van der Waals surface area (Å²) in [5, 5.41) is 0. The molecule has 0 radical (unpaired) electrons. The first-order valence-corrected chi connectivity index (χ1v) is 11.9. The Bertz CT molecular complexity index is 1190. The lowest BCUT2D eigenvalue weighted by molar-refractivity contribution is -0.145. The van der Waals surface area contributed by atoms with Crippen LogP contribution in [0.15, 0.2) is 58.3 Å². The van der Waals surface area contributed by atoms with E-state index in [0.717, 1.165) is 5.56 Å². The minimum Gasteiger partial charge on any atom is -0.463 e. The predicted molar refractivity (Wildman–Crippen MR) is 107 cm³/mol. The third kappa shape index (κ3) is 4.23. The first kappa shape index (κ1) is 21.9. The summed E-state index contributed by atoms with van der Waals surface area (Å²) in [6.45, 7) is 2.34. The zero-order valence-corrected chi connectivity index (χ0v) is 17.9. The van der Waals surface area contributed by atoms with Crippen molar-refractivity contribution in [3.05, 3.63) is 59.7 Å². The molecule has 1 aliphatic heterocycles. The summed E-state index contributed by atoms with van der Waals surface area (Å²) in [7, 11) is -7.94. The number of nitrogens with one attached hydrogen (secondary N) is 1. The number of benzene rings is 2. The number of hydrogen-bond donors (Lipinski definition) is 1. The van der Waals surface area contributed by atoms with Crippen molar-refractivity contribution < 1.29 is 31.2 Å². The lowest BCUT2D eigenvalue weighted by atomic mass is 10.2. The Morgan fingerprint density at radius 2 is 1.77 bits per heavy atom. The summed E-state index contributed by atoms with van der Waals surface area (Å²) in [5.41, 5.74) is 0.943. The molecule has 0 fully saturated rings. The van der Waals surface area contributed by atoms with Gasteiger partial charge in [0.15, 0.2) is 0 Å². The first-order valence-electron chi connectivity index (χ1n) is 8.96. The van der Waals surface area contributed by atoms with Crippen LogP contribution in [0.2, 0.25) is 0 Å². The van der Waals surface area contributed by atoms with Gasteiger partial charge in [0.1, 0.15) is 17.5 Å². The van der Waals surface area contributed by atoms with Gasteiger partial charge in [-0.05, 0) is 38.1 Å². The van der Waals surface area contributed by atoms with Crippen molar-refractivity contribution in [2.24, 2.45) is 0 Å². The highest BCUT2D eigenvalue weighted by molar-refractivity contribution is 7.90. The fraction of sp³-hybridized carbons (Fsp3) is 0.263. The van der Waals surface area contributed by atoms with Crippen LogP contribution in [0, 0.1) is 6.92 Å². The molecular formula is C19H20N2O7S2. The molecule has 1 amide bonds. The molecule has 11 heteroatoms. The first-order chi connectivity index (χ1) is 14.0. The summed E-state index contributed by atoms with van der Waals surface area (Å²) in [6, 6.07) is 10.7. The standard InChI is InChI=1S/C19H20N2O7S2/c1-13-7-9-15(10-8-13)29(24,25)20-14(2)19(23)28-12-11-21-18(22)16-5-3-4-6-17(16)30(21,26)27/h3-10,14,20H,11-12H2,1-2H3. The van der Waals surface area contributed by atoms with Gasteiger partial charge in [0, 0.05) is 0 Å². The summed E-state index contributed by atoms with van der Waals surface area (Å²) in [4.78, 5) is 24.3. The number of carbonyl (C=O) groups is 2. The molecule has 9 nitrogen and oxygen atoms in total. The molecule has 2 aromatic rings. The van der Waals surface area contributed by atoms with E-state index in [1.807, 2.05) is 6.92 Å². The number of sulfonamides is 2. The fourth-order valence-electron chi connectivity index (χ4n) is 2.87. The average Bonchev–Trinajstić information content (AvgIpc) is 2.88. The zero-order valence-electron chi connectivity index (χ0n) is 16.2. The van der Waals surface area contributed by atoms with Crippen LogP contribution in [0.25, 0.3) is 0 Å². The molecule has 1 N–H and O–H groups in total. The second-order valence-corrected chi connectivity index (χ2v) is 10.2. The number of rotatable bonds is 7. The third-order valence-electron chi connectivity index (χ3n) is 4.47. The molecule has 160 valence electrons. The molecule has 0 spiro atoms. The van der Waals surface area contributed by atoms with Gasteiger partial charge in [-0.2, -0.15) is 4.72 Å². The fourth-order valence-corrected chi connectivity index (χ4v) is 5.62. The van der Waals surface area contributed by atoms with Crippen LogP contribution in [0.5, 0.6) is 0 Å². The average molecular weight is 453 g/mol. The van der Waals surface area contributed by atoms with Gasteiger partial charge in [-0.3, -0.25) is 9.59 Å². The normalized spacial score (nSPS) is 16.2. The van der Waals surface area contributed by atoms with Crippen LogP contribution in [-0.4, -0.2) is 52.2 Å². The smallest absolute Gasteiger partial charge is 0.323 e. The van der Waals surface area contributed by atoms with Crippen molar-refractivity contribution in [3.63, 3.8) is 0 Å². The maximum Gasteiger partial charge on any atom is 0.323 e. The summed E-state index contributed by atoms with van der Waals surface area (Å²) >= 11 is 0. The Morgan fingerprint density at radius 3 is 2.40 bits per heavy atom. The van der Waals surface area contributed by atoms with Crippen molar-refractivity contribution in [2.45, 2.75) is 29.7 Å². The Hall–Kier alpha value is -2.76. The molecule has 0 aliphatic carbocycles. The van der Waals surface area contributed by atoms with Gasteiger partial charge in [-0.15, -0.1) is 0 Å². The molecule has 0 saturated heterocycles. The monoisotopic (exact) mass is 452 g/mol. The molecule has 0 bridgehead atoms. The highest BCUT2D eigenvalue weighted by Crippen LogP contribution is 2.29. The SMILES string of the molecule is Cc1ccc(S(=O)(=O)NC(C)C(=O)OCCN2C(=O)c3ccccc3S2(=O)=O)cc1. The quantitative estimate of drug-likeness (QED) is 0.622. The van der Waals surface area contributed by atoms with Crippen molar-refractivity contribution in [1.29, 1.82) is 0 Å². The van der Waals surface area contributed by atoms with E-state index in [1.165, 1.54) is 37.3 Å². The van der Waals surface area contributed by atoms with Gasteiger partial charge in [-0.1, -0.05) is 29.8 Å². The number of amides is 1. The van der Waals surface area contributed by atoms with Gasteiger partial charge >= 0.3 is 5.97 Å². The van der Waals surface area contributed by atoms with Crippen molar-refractivity contribution >= 4 is 31.9 Å². The highest BCUT2D eigenvalue weighted by Gasteiger charge is 2.40. The van der Waals surface area contributed by atoms with Gasteiger partial charge in [0.25, 0.3) is 15.9 Å². The van der Waals surface area contributed by atoms with Crippen molar-refractivity contribution in [2.75, 3.05) is 13.2 Å². The second-order valence-electron chi connectivity index (χ2n) is 6.70. The van der Waals surface area contributed by atoms with Gasteiger partial charge in [0.2, 0.25) is 10.0 Å². The third-order valence-corrected chi connectivity index (χ3v) is 7.86. The Morgan fingerprint density at radius 1 is 1.13 bits per heavy atom. The van der Waals surface area contributed by atoms with E-state index in [-0.39, 0.29) is 21.9 Å². The Kier molecular flexibility index (Phi) is 5.97. The topological polar surface area (TPSA) is 127 Å². The summed E-state index contributed by atoms with van der Waals surface area (Å²) in [5.74, 6) is -1.60. The summed E-state index contributed by atoms with van der Waals surface area (Å²) in [6.07, 6.45) is 0. The lowest BCUT2D eigenvalue weighted by Crippen LogP contribution is -2.41. The summed E-state index contributed by atoms with van der Waals surface area (Å²) < 4.78 is 57.4. The van der Waals surface area contributed by atoms with E-state index < -0.39 is 44.6 Å². The van der Waals surface area contributed by atoms with E-state index >= 15 is 0 Å². The predicted octanol–water partition coefficient (Wildman–Crippen LogP) is 1.05. The number of nitrogens with zero attached hydrogens (tertiary/aromatic N) is 1. The van der Waals surface area contributed by atoms with E-state index in [1.54, 1.807) is 18.2 Å². The molecule has 0 aromatic heterocycles. The van der Waals surface area contributed by atoms with Gasteiger partial charge in [0.05, 0.1) is 17.0 Å². The van der Waals surface area contributed by atoms with Crippen LogP contribution < -0.4 is 4.72 Å². The highest BCUT2D eigenvalue weighted by atomic mass is 32.2. The molecule has 0 saturated carbocycles. The minimum absolute atomic E-state index is 0.000675. The molecule has 1 atom stereocenters. The van der Waals surface area contributed by atoms with Crippen LogP contribution in [0.4, 0.5) is 0 Å². The molecule has 1 heterocycles. The zero-order chi connectivity index (χ0) is 22.1. The maximum absolute atomic E-state index is 12.4. The van der Waals surface area contributed by atoms with Crippen molar-refractivity contribution in [3.8, 4) is 0 Å². The van der Waals surface area contributed by atoms with Gasteiger partial charge < -0.3 is 4.74 Å². The van der Waals surface area contributed by atoms with Crippen LogP contribution in [0.3, 0.4) is 0 Å². The number of carbonyl (C=O) groups excluding carboxylic acids is 2. The van der Waals surface area contributed by atoms with Crippen LogP contribution in [0.1, 0.15) is 22.8 Å². The number of esters is 1. The Balaban J connectivity index is 1.58. The molecule has 2 aromatic carbocycles. The van der Waals surface area contributed by atoms with E-state index in [9.17, 15) is 26.4 Å². The van der Waals surface area contributed by atoms with E-state index in [2.05, 4.69) is 4.72 Å². The van der Waals surface area contributed by atoms with Crippen LogP contribution in [-0.2, 0) is 29.6 Å². The number of hydrogen-bond acceptors (Lipinski definition) is 7. The second kappa shape index (κ2) is 8.17. The molecule has 3 rings (SSSR count). The Labute approximate surface area is 174 Å². The molecular weight excluding hydrogens is 432 g/mol. The maximum atomic E-state index is 12.4. The largest absolute Gasteiger partial charge is 0.463 e. The minimum atomic E-state index is -4.00. The van der Waals surface area contributed by atoms with E-state index in [0.29, 0.717) is 4.31 Å². The number of ether oxygens (including phenoxy) is 1. The molecule has 1 unspecified atom stereocenters. The molecule has 30 heavy (non-hydrogen) atoms. The van der Waals surface area contributed by atoms with Crippen molar-refractivity contribution in [1.82, 2.24) is 9.03 Å². The lowest BCUT2D eigenvalue weighted by Gasteiger charge is -2.17. The van der Waals surface area contributed by atoms with Gasteiger partial charge in [-0.25, -0.2) is 21.1 Å². The number of fused-ring (bicyclic) bond motifs is 1.